The molecule has 1 aliphatic carbocycles. The Morgan fingerprint density at radius 1 is 1.25 bits per heavy atom. The molecule has 2 atom stereocenters. The lowest BCUT2D eigenvalue weighted by molar-refractivity contribution is -0.123. The van der Waals surface area contributed by atoms with Gasteiger partial charge in [0.1, 0.15) is 0 Å². The highest BCUT2D eigenvalue weighted by molar-refractivity contribution is 6.31. The first kappa shape index (κ1) is 26.5. The molecule has 1 aliphatic heterocycles. The molecule has 0 spiro atoms. The van der Waals surface area contributed by atoms with Gasteiger partial charge in [-0.3, -0.25) is 19.5 Å². The Balaban J connectivity index is 1.46. The number of aromatic nitrogens is 1. The first-order valence-corrected chi connectivity index (χ1v) is 12.9. The minimum atomic E-state index is -2.89. The van der Waals surface area contributed by atoms with Crippen molar-refractivity contribution in [2.75, 3.05) is 19.6 Å². The number of nitrogens with two attached hydrogens (primary N) is 1. The quantitative estimate of drug-likeness (QED) is 0.456. The van der Waals surface area contributed by atoms with Crippen molar-refractivity contribution in [1.82, 2.24) is 15.2 Å². The van der Waals surface area contributed by atoms with Crippen LogP contribution in [0.15, 0.2) is 42.7 Å². The SMILES string of the molecule is CC(F)(F)C1([C@H](CC(=O)NC[C@H](Cc2ccc(C(N)=O)cc2Cl)N2CCCC2)c2cccnc2)CC1. The number of amides is 2. The van der Waals surface area contributed by atoms with Crippen molar-refractivity contribution in [1.29, 1.82) is 0 Å². The van der Waals surface area contributed by atoms with Crippen LogP contribution < -0.4 is 11.1 Å². The molecule has 1 saturated heterocycles. The van der Waals surface area contributed by atoms with E-state index in [9.17, 15) is 18.4 Å². The highest BCUT2D eigenvalue weighted by Crippen LogP contribution is 2.65. The summed E-state index contributed by atoms with van der Waals surface area (Å²) in [5.74, 6) is -4.29. The topological polar surface area (TPSA) is 88.3 Å². The normalized spacial score (nSPS) is 19.0. The molecular formula is C27H33ClF2N4O2. The van der Waals surface area contributed by atoms with Crippen LogP contribution in [0.5, 0.6) is 0 Å². The van der Waals surface area contributed by atoms with Crippen molar-refractivity contribution in [3.63, 3.8) is 0 Å². The number of likely N-dealkylation sites (tertiary alicyclic amines) is 1. The average Bonchev–Trinajstić information content (AvgIpc) is 3.49. The monoisotopic (exact) mass is 518 g/mol. The fraction of sp³-hybridized carbons (Fsp3) is 0.519. The van der Waals surface area contributed by atoms with E-state index in [0.29, 0.717) is 42.0 Å². The van der Waals surface area contributed by atoms with Gasteiger partial charge in [0, 0.05) is 53.3 Å². The van der Waals surface area contributed by atoms with E-state index in [1.807, 2.05) is 0 Å². The molecule has 2 fully saturated rings. The van der Waals surface area contributed by atoms with E-state index in [0.717, 1.165) is 38.4 Å². The number of carbonyl (C=O) groups excluding carboxylic acids is 2. The number of rotatable bonds is 11. The van der Waals surface area contributed by atoms with Gasteiger partial charge in [0.05, 0.1) is 0 Å². The van der Waals surface area contributed by atoms with Crippen molar-refractivity contribution in [3.05, 3.63) is 64.4 Å². The first-order valence-electron chi connectivity index (χ1n) is 12.5. The van der Waals surface area contributed by atoms with E-state index in [-0.39, 0.29) is 18.4 Å². The summed E-state index contributed by atoms with van der Waals surface area (Å²) in [4.78, 5) is 31.0. The molecule has 1 saturated carbocycles. The molecule has 9 heteroatoms. The second-order valence-corrected chi connectivity index (χ2v) is 10.6. The van der Waals surface area contributed by atoms with Crippen LogP contribution in [0.4, 0.5) is 8.78 Å². The number of nitrogens with one attached hydrogen (secondary N) is 1. The van der Waals surface area contributed by atoms with Crippen LogP contribution in [0, 0.1) is 5.41 Å². The van der Waals surface area contributed by atoms with Crippen molar-refractivity contribution in [3.8, 4) is 0 Å². The van der Waals surface area contributed by atoms with Crippen molar-refractivity contribution in [2.45, 2.75) is 63.3 Å². The van der Waals surface area contributed by atoms with Gasteiger partial charge in [-0.2, -0.15) is 0 Å². The summed E-state index contributed by atoms with van der Waals surface area (Å²) in [5.41, 5.74) is 6.02. The fourth-order valence-corrected chi connectivity index (χ4v) is 5.75. The first-order chi connectivity index (χ1) is 17.1. The van der Waals surface area contributed by atoms with Crippen molar-refractivity contribution >= 4 is 23.4 Å². The Hall–Kier alpha value is -2.58. The maximum atomic E-state index is 14.6. The fourth-order valence-electron chi connectivity index (χ4n) is 5.49. The van der Waals surface area contributed by atoms with E-state index in [2.05, 4.69) is 15.2 Å². The zero-order valence-electron chi connectivity index (χ0n) is 20.5. The summed E-state index contributed by atoms with van der Waals surface area (Å²) in [6.45, 7) is 3.17. The number of primary amides is 1. The largest absolute Gasteiger partial charge is 0.366 e. The smallest absolute Gasteiger partial charge is 0.251 e. The van der Waals surface area contributed by atoms with Crippen LogP contribution in [0.1, 0.15) is 66.4 Å². The van der Waals surface area contributed by atoms with Crippen LogP contribution in [0.2, 0.25) is 5.02 Å². The van der Waals surface area contributed by atoms with Gasteiger partial charge in [-0.05, 0) is 81.4 Å². The summed E-state index contributed by atoms with van der Waals surface area (Å²) >= 11 is 6.43. The number of halogens is 3. The van der Waals surface area contributed by atoms with Crippen LogP contribution in [0.25, 0.3) is 0 Å². The van der Waals surface area contributed by atoms with Crippen LogP contribution in [-0.2, 0) is 11.2 Å². The number of alkyl halides is 2. The van der Waals surface area contributed by atoms with E-state index >= 15 is 0 Å². The average molecular weight is 519 g/mol. The molecule has 194 valence electrons. The van der Waals surface area contributed by atoms with Crippen LogP contribution in [0.3, 0.4) is 0 Å². The molecule has 6 nitrogen and oxygen atoms in total. The molecular weight excluding hydrogens is 486 g/mol. The third-order valence-corrected chi connectivity index (χ3v) is 8.14. The van der Waals surface area contributed by atoms with E-state index in [4.69, 9.17) is 17.3 Å². The molecule has 4 rings (SSSR count). The molecule has 0 bridgehead atoms. The Morgan fingerprint density at radius 2 is 1.97 bits per heavy atom. The molecule has 0 radical (unpaired) electrons. The van der Waals surface area contributed by atoms with Gasteiger partial charge in [0.15, 0.2) is 0 Å². The molecule has 1 aromatic carbocycles. The van der Waals surface area contributed by atoms with Crippen LogP contribution >= 0.6 is 11.6 Å². The summed E-state index contributed by atoms with van der Waals surface area (Å²) in [6.07, 6.45) is 6.70. The van der Waals surface area contributed by atoms with Gasteiger partial charge >= 0.3 is 0 Å². The molecule has 2 heterocycles. The number of hydrogen-bond acceptors (Lipinski definition) is 4. The van der Waals surface area contributed by atoms with Gasteiger partial charge < -0.3 is 11.1 Å². The molecule has 2 aromatic rings. The third-order valence-electron chi connectivity index (χ3n) is 7.79. The summed E-state index contributed by atoms with van der Waals surface area (Å²) < 4.78 is 29.3. The lowest BCUT2D eigenvalue weighted by atomic mass is 9.77. The van der Waals surface area contributed by atoms with Gasteiger partial charge in [-0.1, -0.05) is 23.7 Å². The summed E-state index contributed by atoms with van der Waals surface area (Å²) in [6, 6.07) is 8.51. The zero-order chi connectivity index (χ0) is 25.9. The lowest BCUT2D eigenvalue weighted by Gasteiger charge is -2.32. The van der Waals surface area contributed by atoms with Crippen LogP contribution in [-0.4, -0.2) is 53.3 Å². The highest BCUT2D eigenvalue weighted by atomic mass is 35.5. The minimum Gasteiger partial charge on any atom is -0.366 e. The Labute approximate surface area is 215 Å². The number of pyridine rings is 1. The Morgan fingerprint density at radius 3 is 2.53 bits per heavy atom. The zero-order valence-corrected chi connectivity index (χ0v) is 21.2. The highest BCUT2D eigenvalue weighted by Gasteiger charge is 2.63. The number of benzene rings is 1. The summed E-state index contributed by atoms with van der Waals surface area (Å²) in [7, 11) is 0. The number of carbonyl (C=O) groups is 2. The van der Waals surface area contributed by atoms with Crippen molar-refractivity contribution < 1.29 is 18.4 Å². The van der Waals surface area contributed by atoms with Gasteiger partial charge in [0.2, 0.25) is 11.8 Å². The van der Waals surface area contributed by atoms with E-state index in [1.165, 1.54) is 0 Å². The molecule has 0 unspecified atom stereocenters. The Bertz CT molecular complexity index is 1080. The standard InChI is InChI=1S/C27H33ClF2N4O2/c1-26(29,30)27(8-9-27)22(20-5-4-10-32-16-20)15-24(35)33-17-21(34-11-2-3-12-34)13-18-6-7-19(25(31)36)14-23(18)28/h4-7,10,14,16,21-22H,2-3,8-9,11-13,15,17H2,1H3,(H2,31,36)(H,33,35)/t21-,22+/m0/s1. The molecule has 2 amide bonds. The maximum absolute atomic E-state index is 14.6. The number of nitrogens with zero attached hydrogens (tertiary/aromatic N) is 2. The molecule has 36 heavy (non-hydrogen) atoms. The Kier molecular flexibility index (Phi) is 7.95. The maximum Gasteiger partial charge on any atom is 0.251 e. The second-order valence-electron chi connectivity index (χ2n) is 10.2. The van der Waals surface area contributed by atoms with E-state index < -0.39 is 23.2 Å². The molecule has 3 N–H and O–H groups in total. The minimum absolute atomic E-state index is 0.00674. The third kappa shape index (κ3) is 5.86. The lowest BCUT2D eigenvalue weighted by Crippen LogP contribution is -2.44. The molecule has 2 aliphatic rings. The van der Waals surface area contributed by atoms with Gasteiger partial charge in [0.25, 0.3) is 5.92 Å². The van der Waals surface area contributed by atoms with Crippen molar-refractivity contribution in [2.24, 2.45) is 11.1 Å². The predicted octanol–water partition coefficient (Wildman–Crippen LogP) is 4.57. The second kappa shape index (κ2) is 10.8. The van der Waals surface area contributed by atoms with E-state index in [1.54, 1.807) is 42.7 Å². The predicted molar refractivity (Wildman–Crippen MR) is 135 cm³/mol. The number of hydrogen-bond donors (Lipinski definition) is 2. The van der Waals surface area contributed by atoms with Gasteiger partial charge in [-0.15, -0.1) is 0 Å². The summed E-state index contributed by atoms with van der Waals surface area (Å²) in [5, 5.41) is 3.48. The van der Waals surface area contributed by atoms with Gasteiger partial charge in [-0.25, -0.2) is 8.78 Å². The molecule has 1 aromatic heterocycles.